The molecule has 0 aromatic heterocycles. The molecule has 1 fully saturated rings. The maximum atomic E-state index is 12.7. The number of piperidine rings is 1. The lowest BCUT2D eigenvalue weighted by Crippen LogP contribution is -2.38. The molecule has 3 heteroatoms. The zero-order chi connectivity index (χ0) is 18.5. The number of likely N-dealkylation sites (tertiary alicyclic amines) is 1. The Kier molecular flexibility index (Phi) is 6.10. The number of amides is 1. The molecule has 0 atom stereocenters. The van der Waals surface area contributed by atoms with Gasteiger partial charge in [-0.15, -0.1) is 0 Å². The summed E-state index contributed by atoms with van der Waals surface area (Å²) in [5.74, 6) is 0.694. The lowest BCUT2D eigenvalue weighted by Gasteiger charge is -2.31. The van der Waals surface area contributed by atoms with Gasteiger partial charge in [0.15, 0.2) is 0 Å². The standard InChI is InChI=1S/C23H30N2O/c1-17(2)21-10-6-7-11-22(21)24-23(26)19-12-14-25(15-13-19)16-20-9-5-4-8-18(20)3/h4-11,17,19H,12-16H2,1-3H3,(H,24,26). The second-order valence-electron chi connectivity index (χ2n) is 7.71. The molecule has 1 amide bonds. The minimum absolute atomic E-state index is 0.114. The minimum atomic E-state index is 0.114. The van der Waals surface area contributed by atoms with Gasteiger partial charge in [0.2, 0.25) is 5.91 Å². The van der Waals surface area contributed by atoms with Gasteiger partial charge >= 0.3 is 0 Å². The SMILES string of the molecule is Cc1ccccc1CN1CCC(C(=O)Nc2ccccc2C(C)C)CC1. The summed E-state index contributed by atoms with van der Waals surface area (Å²) in [6.07, 6.45) is 1.86. The van der Waals surface area contributed by atoms with E-state index < -0.39 is 0 Å². The molecule has 3 rings (SSSR count). The van der Waals surface area contributed by atoms with Crippen LogP contribution in [0.4, 0.5) is 5.69 Å². The van der Waals surface area contributed by atoms with Crippen molar-refractivity contribution in [2.24, 2.45) is 5.92 Å². The van der Waals surface area contributed by atoms with Crippen LogP contribution in [0, 0.1) is 12.8 Å². The first-order valence-electron chi connectivity index (χ1n) is 9.71. The molecule has 138 valence electrons. The van der Waals surface area contributed by atoms with Gasteiger partial charge in [-0.05, 0) is 61.5 Å². The fraction of sp³-hybridized carbons (Fsp3) is 0.435. The minimum Gasteiger partial charge on any atom is -0.326 e. The Morgan fingerprint density at radius 1 is 1.08 bits per heavy atom. The van der Waals surface area contributed by atoms with E-state index in [0.717, 1.165) is 38.2 Å². The lowest BCUT2D eigenvalue weighted by atomic mass is 9.94. The predicted octanol–water partition coefficient (Wildman–Crippen LogP) is 4.97. The van der Waals surface area contributed by atoms with Crippen molar-refractivity contribution in [3.8, 4) is 0 Å². The van der Waals surface area contributed by atoms with Crippen LogP contribution in [0.5, 0.6) is 0 Å². The van der Waals surface area contributed by atoms with E-state index in [9.17, 15) is 4.79 Å². The number of para-hydroxylation sites is 1. The predicted molar refractivity (Wildman–Crippen MR) is 108 cm³/mol. The molecule has 1 aliphatic heterocycles. The monoisotopic (exact) mass is 350 g/mol. The zero-order valence-corrected chi connectivity index (χ0v) is 16.2. The molecule has 0 bridgehead atoms. The Labute approximate surface area is 157 Å². The summed E-state index contributed by atoms with van der Waals surface area (Å²) >= 11 is 0. The Morgan fingerprint density at radius 2 is 1.73 bits per heavy atom. The smallest absolute Gasteiger partial charge is 0.227 e. The lowest BCUT2D eigenvalue weighted by molar-refractivity contribution is -0.121. The highest BCUT2D eigenvalue weighted by Gasteiger charge is 2.25. The summed E-state index contributed by atoms with van der Waals surface area (Å²) in [6.45, 7) is 9.44. The molecule has 0 saturated carbocycles. The van der Waals surface area contributed by atoms with Crippen molar-refractivity contribution in [2.45, 2.75) is 46.1 Å². The number of anilines is 1. The van der Waals surface area contributed by atoms with Crippen molar-refractivity contribution in [3.05, 3.63) is 65.2 Å². The largest absolute Gasteiger partial charge is 0.326 e. The molecule has 2 aromatic rings. The van der Waals surface area contributed by atoms with Crippen molar-refractivity contribution >= 4 is 11.6 Å². The van der Waals surface area contributed by atoms with E-state index in [4.69, 9.17) is 0 Å². The van der Waals surface area contributed by atoms with E-state index in [-0.39, 0.29) is 11.8 Å². The first-order chi connectivity index (χ1) is 12.5. The number of nitrogens with one attached hydrogen (secondary N) is 1. The summed E-state index contributed by atoms with van der Waals surface area (Å²) in [7, 11) is 0. The molecule has 1 N–H and O–H groups in total. The number of carbonyl (C=O) groups excluding carboxylic acids is 1. The molecule has 0 radical (unpaired) electrons. The quantitative estimate of drug-likeness (QED) is 0.826. The molecule has 0 spiro atoms. The number of benzene rings is 2. The molecule has 2 aromatic carbocycles. The molecule has 1 heterocycles. The third-order valence-corrected chi connectivity index (χ3v) is 5.45. The number of nitrogens with zero attached hydrogens (tertiary/aromatic N) is 1. The normalized spacial score (nSPS) is 16.0. The second kappa shape index (κ2) is 8.50. The van der Waals surface area contributed by atoms with E-state index in [0.29, 0.717) is 5.92 Å². The summed E-state index contributed by atoms with van der Waals surface area (Å²) < 4.78 is 0. The van der Waals surface area contributed by atoms with E-state index in [1.54, 1.807) is 0 Å². The van der Waals surface area contributed by atoms with Crippen molar-refractivity contribution in [1.82, 2.24) is 4.90 Å². The molecule has 1 aliphatic rings. The zero-order valence-electron chi connectivity index (χ0n) is 16.2. The van der Waals surface area contributed by atoms with Crippen LogP contribution < -0.4 is 5.32 Å². The number of hydrogen-bond acceptors (Lipinski definition) is 2. The molecule has 26 heavy (non-hydrogen) atoms. The number of aryl methyl sites for hydroxylation is 1. The van der Waals surface area contributed by atoms with Crippen LogP contribution in [0.3, 0.4) is 0 Å². The third-order valence-electron chi connectivity index (χ3n) is 5.45. The van der Waals surface area contributed by atoms with Crippen molar-refractivity contribution < 1.29 is 4.79 Å². The maximum absolute atomic E-state index is 12.7. The molecular weight excluding hydrogens is 320 g/mol. The van der Waals surface area contributed by atoms with Gasteiger partial charge in [0.25, 0.3) is 0 Å². The van der Waals surface area contributed by atoms with Crippen LogP contribution in [-0.4, -0.2) is 23.9 Å². The summed E-state index contributed by atoms with van der Waals surface area (Å²) in [4.78, 5) is 15.2. The Morgan fingerprint density at radius 3 is 2.42 bits per heavy atom. The van der Waals surface area contributed by atoms with Crippen LogP contribution in [0.25, 0.3) is 0 Å². The van der Waals surface area contributed by atoms with Gasteiger partial charge in [0.1, 0.15) is 0 Å². The van der Waals surface area contributed by atoms with Gasteiger partial charge in [-0.2, -0.15) is 0 Å². The average molecular weight is 351 g/mol. The van der Waals surface area contributed by atoms with Gasteiger partial charge in [0, 0.05) is 18.2 Å². The fourth-order valence-corrected chi connectivity index (χ4v) is 3.73. The van der Waals surface area contributed by atoms with Crippen molar-refractivity contribution in [1.29, 1.82) is 0 Å². The highest BCUT2D eigenvalue weighted by Crippen LogP contribution is 2.26. The van der Waals surface area contributed by atoms with Gasteiger partial charge in [-0.3, -0.25) is 9.69 Å². The molecular formula is C23H30N2O. The Balaban J connectivity index is 1.55. The third kappa shape index (κ3) is 4.53. The van der Waals surface area contributed by atoms with Crippen molar-refractivity contribution in [3.63, 3.8) is 0 Å². The Hall–Kier alpha value is -2.13. The average Bonchev–Trinajstić information content (AvgIpc) is 2.64. The molecule has 0 unspecified atom stereocenters. The van der Waals surface area contributed by atoms with E-state index in [2.05, 4.69) is 61.3 Å². The second-order valence-corrected chi connectivity index (χ2v) is 7.71. The molecule has 1 saturated heterocycles. The summed E-state index contributed by atoms with van der Waals surface area (Å²) in [6, 6.07) is 16.7. The number of hydrogen-bond donors (Lipinski definition) is 1. The fourth-order valence-electron chi connectivity index (χ4n) is 3.73. The van der Waals surface area contributed by atoms with Crippen LogP contribution >= 0.6 is 0 Å². The van der Waals surface area contributed by atoms with Crippen LogP contribution in [-0.2, 0) is 11.3 Å². The van der Waals surface area contributed by atoms with Crippen molar-refractivity contribution in [2.75, 3.05) is 18.4 Å². The summed E-state index contributed by atoms with van der Waals surface area (Å²) in [5, 5.41) is 3.18. The van der Waals surface area contributed by atoms with Crippen LogP contribution in [0.1, 0.15) is 49.3 Å². The Bertz CT molecular complexity index is 745. The number of carbonyl (C=O) groups is 1. The first-order valence-corrected chi connectivity index (χ1v) is 9.71. The topological polar surface area (TPSA) is 32.3 Å². The number of rotatable bonds is 5. The van der Waals surface area contributed by atoms with E-state index in [1.165, 1.54) is 16.7 Å². The van der Waals surface area contributed by atoms with Gasteiger partial charge in [-0.25, -0.2) is 0 Å². The maximum Gasteiger partial charge on any atom is 0.227 e. The molecule has 0 aliphatic carbocycles. The van der Waals surface area contributed by atoms with E-state index >= 15 is 0 Å². The van der Waals surface area contributed by atoms with E-state index in [1.807, 2.05) is 18.2 Å². The van der Waals surface area contributed by atoms with Gasteiger partial charge in [0.05, 0.1) is 0 Å². The van der Waals surface area contributed by atoms with Gasteiger partial charge < -0.3 is 5.32 Å². The highest BCUT2D eigenvalue weighted by molar-refractivity contribution is 5.93. The highest BCUT2D eigenvalue weighted by atomic mass is 16.1. The molecule has 3 nitrogen and oxygen atoms in total. The van der Waals surface area contributed by atoms with Crippen LogP contribution in [0.2, 0.25) is 0 Å². The summed E-state index contributed by atoms with van der Waals surface area (Å²) in [5.41, 5.74) is 4.91. The van der Waals surface area contributed by atoms with Gasteiger partial charge in [-0.1, -0.05) is 56.3 Å². The van der Waals surface area contributed by atoms with Crippen LogP contribution in [0.15, 0.2) is 48.5 Å². The first kappa shape index (κ1) is 18.7.